The maximum atomic E-state index is 13.6. The molecule has 0 bridgehead atoms. The molecule has 4 heteroatoms. The first-order valence-electron chi connectivity index (χ1n) is 11.4. The molecule has 160 valence electrons. The van der Waals surface area contributed by atoms with E-state index < -0.39 is 0 Å². The van der Waals surface area contributed by atoms with Crippen LogP contribution in [0.1, 0.15) is 72.7 Å². The average molecular weight is 400 g/mol. The molecule has 2 aromatic rings. The molecule has 0 radical (unpaired) electrons. The molecule has 3 rings (SSSR count). The number of aromatic nitrogens is 2. The third-order valence-corrected chi connectivity index (χ3v) is 6.86. The lowest BCUT2D eigenvalue weighted by Crippen LogP contribution is -2.40. The summed E-state index contributed by atoms with van der Waals surface area (Å²) in [5.74, 6) is 2.87. The summed E-state index contributed by atoms with van der Waals surface area (Å²) in [4.78, 5) is 13.6. The molecule has 0 saturated heterocycles. The first-order chi connectivity index (χ1) is 13.8. The molecular formula is C25H39N2O2+. The van der Waals surface area contributed by atoms with E-state index >= 15 is 0 Å². The number of fused-ring (bicyclic) bond motifs is 1. The van der Waals surface area contributed by atoms with Gasteiger partial charge in [0.2, 0.25) is 6.04 Å². The molecule has 0 N–H and O–H groups in total. The zero-order chi connectivity index (χ0) is 21.3. The van der Waals surface area contributed by atoms with Gasteiger partial charge in [-0.3, -0.25) is 0 Å². The number of nitrogens with zero attached hydrogens (tertiary/aromatic N) is 2. The van der Waals surface area contributed by atoms with Gasteiger partial charge in [0.15, 0.2) is 11.0 Å². The fourth-order valence-electron chi connectivity index (χ4n) is 5.25. The van der Waals surface area contributed by atoms with E-state index in [1.807, 2.05) is 0 Å². The number of imidazole rings is 1. The topological polar surface area (TPSA) is 35.1 Å². The van der Waals surface area contributed by atoms with Gasteiger partial charge in [-0.25, -0.2) is 13.9 Å². The molecule has 0 aliphatic heterocycles. The van der Waals surface area contributed by atoms with Gasteiger partial charge in [0, 0.05) is 12.3 Å². The second-order valence-electron chi connectivity index (χ2n) is 9.68. The predicted octanol–water partition coefficient (Wildman–Crippen LogP) is 5.23. The molecule has 4 nitrogen and oxygen atoms in total. The summed E-state index contributed by atoms with van der Waals surface area (Å²) in [5.41, 5.74) is 2.27. The van der Waals surface area contributed by atoms with Crippen molar-refractivity contribution in [1.29, 1.82) is 0 Å². The van der Waals surface area contributed by atoms with Crippen molar-refractivity contribution < 1.29 is 14.1 Å². The van der Waals surface area contributed by atoms with Gasteiger partial charge in [-0.2, -0.15) is 0 Å². The van der Waals surface area contributed by atoms with Crippen LogP contribution in [0, 0.1) is 23.7 Å². The van der Waals surface area contributed by atoms with E-state index in [0.717, 1.165) is 30.3 Å². The van der Waals surface area contributed by atoms with Crippen molar-refractivity contribution in [3.05, 3.63) is 30.1 Å². The highest BCUT2D eigenvalue weighted by Gasteiger charge is 2.40. The SMILES string of the molecule is CCc1n([C@@H](C(=O)O[C@@H]2C[C@H](C)CC[C@H]2C(C)C)C(C)C)c2ccccc2[n+]1C. The molecule has 0 spiro atoms. The molecule has 0 amide bonds. The van der Waals surface area contributed by atoms with Crippen LogP contribution in [0.5, 0.6) is 0 Å². The van der Waals surface area contributed by atoms with E-state index in [0.29, 0.717) is 17.8 Å². The number of para-hydroxylation sites is 2. The maximum Gasteiger partial charge on any atom is 0.352 e. The first kappa shape index (κ1) is 21.9. The van der Waals surface area contributed by atoms with E-state index in [1.54, 1.807) is 0 Å². The molecule has 1 heterocycles. The van der Waals surface area contributed by atoms with Gasteiger partial charge in [0.05, 0.1) is 7.05 Å². The van der Waals surface area contributed by atoms with Crippen LogP contribution < -0.4 is 4.57 Å². The van der Waals surface area contributed by atoms with Gasteiger partial charge >= 0.3 is 5.97 Å². The van der Waals surface area contributed by atoms with Crippen LogP contribution in [0.25, 0.3) is 11.0 Å². The summed E-state index contributed by atoms with van der Waals surface area (Å²) in [6, 6.07) is 8.06. The van der Waals surface area contributed by atoms with Crippen molar-refractivity contribution in [3.8, 4) is 0 Å². The number of carbonyl (C=O) groups excluding carboxylic acids is 1. The summed E-state index contributed by atoms with van der Waals surface area (Å²) >= 11 is 0. The number of benzene rings is 1. The van der Waals surface area contributed by atoms with Crippen LogP contribution in [-0.4, -0.2) is 16.6 Å². The lowest BCUT2D eigenvalue weighted by molar-refractivity contribution is -0.654. The molecule has 1 aromatic carbocycles. The largest absolute Gasteiger partial charge is 0.459 e. The Labute approximate surface area is 176 Å². The van der Waals surface area contributed by atoms with Gasteiger partial charge in [0.1, 0.15) is 6.10 Å². The number of hydrogen-bond donors (Lipinski definition) is 0. The Balaban J connectivity index is 1.98. The Morgan fingerprint density at radius 3 is 2.52 bits per heavy atom. The quantitative estimate of drug-likeness (QED) is 0.492. The molecular weight excluding hydrogens is 360 g/mol. The monoisotopic (exact) mass is 399 g/mol. The molecule has 4 atom stereocenters. The zero-order valence-corrected chi connectivity index (χ0v) is 19.3. The van der Waals surface area contributed by atoms with Crippen molar-refractivity contribution in [2.75, 3.05) is 0 Å². The second kappa shape index (κ2) is 8.89. The third kappa shape index (κ3) is 4.22. The Morgan fingerprint density at radius 1 is 1.21 bits per heavy atom. The highest BCUT2D eigenvalue weighted by molar-refractivity contribution is 5.79. The fraction of sp³-hybridized carbons (Fsp3) is 0.680. The first-order valence-corrected chi connectivity index (χ1v) is 11.4. The fourth-order valence-corrected chi connectivity index (χ4v) is 5.25. The number of esters is 1. The highest BCUT2D eigenvalue weighted by atomic mass is 16.5. The third-order valence-electron chi connectivity index (χ3n) is 6.86. The number of carbonyl (C=O) groups is 1. The van der Waals surface area contributed by atoms with Crippen molar-refractivity contribution in [3.63, 3.8) is 0 Å². The predicted molar refractivity (Wildman–Crippen MR) is 118 cm³/mol. The van der Waals surface area contributed by atoms with Crippen molar-refractivity contribution in [2.24, 2.45) is 30.7 Å². The average Bonchev–Trinajstić information content (AvgIpc) is 2.93. The maximum absolute atomic E-state index is 13.6. The number of rotatable bonds is 6. The van der Waals surface area contributed by atoms with Gasteiger partial charge < -0.3 is 4.74 Å². The molecule has 1 aliphatic carbocycles. The van der Waals surface area contributed by atoms with Crippen LogP contribution in [0.4, 0.5) is 0 Å². The van der Waals surface area contributed by atoms with Crippen LogP contribution in [-0.2, 0) is 23.0 Å². The Morgan fingerprint density at radius 2 is 1.90 bits per heavy atom. The molecule has 1 aromatic heterocycles. The number of aryl methyl sites for hydroxylation is 1. The Bertz CT molecular complexity index is 852. The van der Waals surface area contributed by atoms with E-state index in [9.17, 15) is 4.79 Å². The number of hydrogen-bond acceptors (Lipinski definition) is 2. The van der Waals surface area contributed by atoms with E-state index in [4.69, 9.17) is 4.74 Å². The molecule has 1 saturated carbocycles. The minimum absolute atomic E-state index is 0.0353. The second-order valence-corrected chi connectivity index (χ2v) is 9.68. The summed E-state index contributed by atoms with van der Waals surface area (Å²) in [5, 5.41) is 0. The van der Waals surface area contributed by atoms with Crippen LogP contribution in [0.3, 0.4) is 0 Å². The summed E-state index contributed by atoms with van der Waals surface area (Å²) < 4.78 is 10.8. The van der Waals surface area contributed by atoms with E-state index in [2.05, 4.69) is 82.0 Å². The lowest BCUT2D eigenvalue weighted by Gasteiger charge is -2.37. The van der Waals surface area contributed by atoms with Crippen molar-refractivity contribution in [1.82, 2.24) is 4.57 Å². The highest BCUT2D eigenvalue weighted by Crippen LogP contribution is 2.37. The molecule has 29 heavy (non-hydrogen) atoms. The minimum Gasteiger partial charge on any atom is -0.459 e. The van der Waals surface area contributed by atoms with Crippen molar-refractivity contribution >= 4 is 17.0 Å². The summed E-state index contributed by atoms with van der Waals surface area (Å²) in [6.45, 7) is 13.2. The van der Waals surface area contributed by atoms with Crippen LogP contribution in [0.2, 0.25) is 0 Å². The standard InChI is InChI=1S/C25H39N2O2/c1-8-23-26(7)20-11-9-10-12-21(20)27(23)24(17(4)5)25(28)29-22-15-18(6)13-14-19(22)16(2)3/h9-12,16-19,22,24H,8,13-15H2,1-7H3/q+1/t18-,19+,22-,24-/m1/s1. The number of ether oxygens (including phenoxy) is 1. The van der Waals surface area contributed by atoms with Gasteiger partial charge in [-0.1, -0.05) is 60.1 Å². The van der Waals surface area contributed by atoms with Crippen LogP contribution >= 0.6 is 0 Å². The minimum atomic E-state index is -0.305. The molecule has 0 unspecified atom stereocenters. The van der Waals surface area contributed by atoms with Gasteiger partial charge in [-0.05, 0) is 42.7 Å². The lowest BCUT2D eigenvalue weighted by atomic mass is 9.75. The van der Waals surface area contributed by atoms with E-state index in [-0.39, 0.29) is 24.0 Å². The molecule has 1 fully saturated rings. The van der Waals surface area contributed by atoms with Gasteiger partial charge in [-0.15, -0.1) is 0 Å². The normalized spacial score (nSPS) is 23.7. The van der Waals surface area contributed by atoms with Crippen LogP contribution in [0.15, 0.2) is 24.3 Å². The Kier molecular flexibility index (Phi) is 6.70. The zero-order valence-electron chi connectivity index (χ0n) is 19.3. The smallest absolute Gasteiger partial charge is 0.352 e. The van der Waals surface area contributed by atoms with Gasteiger partial charge in [0.25, 0.3) is 5.82 Å². The molecule has 1 aliphatic rings. The van der Waals surface area contributed by atoms with E-state index in [1.165, 1.54) is 12.2 Å². The summed E-state index contributed by atoms with van der Waals surface area (Å²) in [6.07, 6.45) is 4.29. The van der Waals surface area contributed by atoms with Crippen molar-refractivity contribution in [2.45, 2.75) is 79.4 Å². The summed E-state index contributed by atoms with van der Waals surface area (Å²) in [7, 11) is 2.10. The Hall–Kier alpha value is -1.84.